The lowest BCUT2D eigenvalue weighted by molar-refractivity contribution is -0.0939. The van der Waals surface area contributed by atoms with Crippen molar-refractivity contribution in [1.82, 2.24) is 24.7 Å². The maximum Gasteiger partial charge on any atom is 0.608 e. The summed E-state index contributed by atoms with van der Waals surface area (Å²) in [5, 5.41) is 8.30. The van der Waals surface area contributed by atoms with Crippen LogP contribution in [0.4, 0.5) is 0 Å². The van der Waals surface area contributed by atoms with E-state index in [2.05, 4.69) is 15.3 Å². The molecule has 308 valence electrons. The molecule has 2 aromatic heterocycles. The third kappa shape index (κ3) is 8.18. The highest BCUT2D eigenvalue weighted by Gasteiger charge is 2.48. The molecular formula is C43H39ClN5O10P. The number of fused-ring (bicyclic) bond motifs is 1. The van der Waals surface area contributed by atoms with Crippen molar-refractivity contribution in [1.29, 1.82) is 0 Å². The van der Waals surface area contributed by atoms with E-state index in [-0.39, 0.29) is 29.4 Å². The van der Waals surface area contributed by atoms with Crippen molar-refractivity contribution in [3.8, 4) is 17.2 Å². The molecule has 0 spiro atoms. The monoisotopic (exact) mass is 851 g/mol. The van der Waals surface area contributed by atoms with Gasteiger partial charge in [0.1, 0.15) is 46.6 Å². The second kappa shape index (κ2) is 17.2. The van der Waals surface area contributed by atoms with E-state index in [1.807, 2.05) is 78.9 Å². The molecule has 4 atom stereocenters. The lowest BCUT2D eigenvalue weighted by Crippen LogP contribution is -2.39. The number of hydrogen-bond acceptors (Lipinski definition) is 12. The zero-order valence-corrected chi connectivity index (χ0v) is 34.2. The van der Waals surface area contributed by atoms with Gasteiger partial charge in [0.15, 0.2) is 5.75 Å². The van der Waals surface area contributed by atoms with Crippen LogP contribution in [0.3, 0.4) is 0 Å². The Labute approximate surface area is 348 Å². The maximum atomic E-state index is 15.1. The number of phosphoric acid groups is 1. The van der Waals surface area contributed by atoms with Crippen LogP contribution in [0.5, 0.6) is 17.2 Å². The summed E-state index contributed by atoms with van der Waals surface area (Å²) in [7, 11) is -1.61. The normalized spacial score (nSPS) is 17.6. The molecule has 1 fully saturated rings. The fourth-order valence-electron chi connectivity index (χ4n) is 7.08. The number of hydrogen-bond donors (Lipinski definition) is 1. The lowest BCUT2D eigenvalue weighted by Gasteiger charge is -2.37. The standard InChI is InChI=1S/C43H39ClN5O10P/c1-28-26-48(42(51)45-41(28)50)40-25-38(58-60(52,57-37-16-10-7-13-34(37)44)59-49-36-15-9-8-14-35(36)46-47-49)39(56-40)27-55-43(29-11-5-4-6-12-29,30-17-21-32(53-2)22-18-30)31-19-23-33(54-3)24-20-31/h4-24,26,38-40H,25,27H2,1-3H3,(H,45,50,51)/t38-,39+,40+,60?/m0/s1. The number of aromatic amines is 1. The molecule has 1 N–H and O–H groups in total. The molecule has 5 aromatic carbocycles. The molecule has 60 heavy (non-hydrogen) atoms. The average molecular weight is 852 g/mol. The van der Waals surface area contributed by atoms with Crippen LogP contribution >= 0.6 is 19.4 Å². The fraction of sp³-hybridized carbons (Fsp3) is 0.209. The van der Waals surface area contributed by atoms with E-state index in [4.69, 9.17) is 44.2 Å². The van der Waals surface area contributed by atoms with E-state index < -0.39 is 43.1 Å². The van der Waals surface area contributed by atoms with Crippen molar-refractivity contribution in [3.63, 3.8) is 0 Å². The van der Waals surface area contributed by atoms with Gasteiger partial charge in [-0.25, -0.2) is 9.36 Å². The van der Waals surface area contributed by atoms with Crippen molar-refractivity contribution in [3.05, 3.63) is 182 Å². The number of halogens is 1. The summed E-state index contributed by atoms with van der Waals surface area (Å²) in [6.45, 7) is 1.36. The summed E-state index contributed by atoms with van der Waals surface area (Å²) < 4.78 is 59.5. The minimum Gasteiger partial charge on any atom is -0.497 e. The Morgan fingerprint density at radius 1 is 0.833 bits per heavy atom. The van der Waals surface area contributed by atoms with Crippen LogP contribution in [-0.4, -0.2) is 57.7 Å². The predicted molar refractivity (Wildman–Crippen MR) is 222 cm³/mol. The number of aromatic nitrogens is 5. The highest BCUT2D eigenvalue weighted by Crippen LogP contribution is 2.52. The number of para-hydroxylation sites is 2. The van der Waals surface area contributed by atoms with Gasteiger partial charge in [0.05, 0.1) is 25.8 Å². The summed E-state index contributed by atoms with van der Waals surface area (Å²) in [6, 6.07) is 37.9. The van der Waals surface area contributed by atoms with Crippen LogP contribution in [0.1, 0.15) is 34.9 Å². The van der Waals surface area contributed by atoms with Gasteiger partial charge in [0, 0.05) is 18.2 Å². The minimum atomic E-state index is -4.78. The quantitative estimate of drug-likeness (QED) is 0.0812. The summed E-state index contributed by atoms with van der Waals surface area (Å²) in [5.74, 6) is 1.29. The first-order valence-corrected chi connectivity index (χ1v) is 20.6. The topological polar surface area (TPSA) is 167 Å². The van der Waals surface area contributed by atoms with E-state index in [0.29, 0.717) is 22.5 Å². The Balaban J connectivity index is 1.23. The Kier molecular flexibility index (Phi) is 11.6. The number of H-pyrrole nitrogens is 1. The van der Waals surface area contributed by atoms with Gasteiger partial charge in [-0.05, 0) is 77.4 Å². The average Bonchev–Trinajstić information content (AvgIpc) is 3.86. The van der Waals surface area contributed by atoms with E-state index in [1.54, 1.807) is 63.6 Å². The van der Waals surface area contributed by atoms with Gasteiger partial charge in [0.2, 0.25) is 0 Å². The lowest BCUT2D eigenvalue weighted by atomic mass is 9.80. The molecule has 7 aromatic rings. The molecule has 0 bridgehead atoms. The molecule has 8 rings (SSSR count). The summed E-state index contributed by atoms with van der Waals surface area (Å²) in [6.07, 6.45) is -1.89. The second-order valence-electron chi connectivity index (χ2n) is 13.8. The van der Waals surface area contributed by atoms with Crippen LogP contribution in [0.25, 0.3) is 11.0 Å². The smallest absolute Gasteiger partial charge is 0.497 e. The van der Waals surface area contributed by atoms with E-state index in [1.165, 1.54) is 16.8 Å². The Morgan fingerprint density at radius 3 is 2.12 bits per heavy atom. The predicted octanol–water partition coefficient (Wildman–Crippen LogP) is 7.26. The van der Waals surface area contributed by atoms with Gasteiger partial charge >= 0.3 is 13.5 Å². The van der Waals surface area contributed by atoms with E-state index >= 15 is 4.57 Å². The molecule has 15 nitrogen and oxygen atoms in total. The first-order valence-electron chi connectivity index (χ1n) is 18.8. The fourth-order valence-corrected chi connectivity index (χ4v) is 8.69. The molecule has 0 saturated carbocycles. The summed E-state index contributed by atoms with van der Waals surface area (Å²) in [4.78, 5) is 29.0. The van der Waals surface area contributed by atoms with Gasteiger partial charge in [-0.3, -0.25) is 23.5 Å². The molecule has 0 amide bonds. The molecular weight excluding hydrogens is 813 g/mol. The highest BCUT2D eigenvalue weighted by atomic mass is 35.5. The van der Waals surface area contributed by atoms with Crippen molar-refractivity contribution in [2.24, 2.45) is 0 Å². The van der Waals surface area contributed by atoms with E-state index in [0.717, 1.165) is 21.5 Å². The Bertz CT molecular complexity index is 2720. The molecule has 3 heterocycles. The molecule has 17 heteroatoms. The largest absolute Gasteiger partial charge is 0.608 e. The SMILES string of the molecule is COc1ccc(C(OC[C@H]2O[C@@H](n3cc(C)c(=O)[nH]c3=O)C[C@@H]2OP(=O)(Oc2ccccc2Cl)On2nnc3ccccc32)(c2ccccc2)c2ccc(OC)cc2)cc1. The first-order chi connectivity index (χ1) is 29.1. The molecule has 1 unspecified atom stereocenters. The number of nitrogens with zero attached hydrogens (tertiary/aromatic N) is 4. The van der Waals surface area contributed by atoms with Crippen molar-refractivity contribution < 1.29 is 37.2 Å². The van der Waals surface area contributed by atoms with Crippen LogP contribution in [0.2, 0.25) is 5.02 Å². The third-order valence-electron chi connectivity index (χ3n) is 10.1. The van der Waals surface area contributed by atoms with Gasteiger partial charge in [-0.2, -0.15) is 0 Å². The van der Waals surface area contributed by atoms with Crippen LogP contribution in [0, 0.1) is 6.92 Å². The third-order valence-corrected chi connectivity index (χ3v) is 11.7. The van der Waals surface area contributed by atoms with Gasteiger partial charge in [0.25, 0.3) is 5.56 Å². The first kappa shape index (κ1) is 40.6. The second-order valence-corrected chi connectivity index (χ2v) is 15.7. The van der Waals surface area contributed by atoms with Crippen molar-refractivity contribution >= 4 is 30.5 Å². The van der Waals surface area contributed by atoms with Crippen LogP contribution in [0.15, 0.2) is 143 Å². The summed E-state index contributed by atoms with van der Waals surface area (Å²) in [5.41, 5.74) is 0.824. The summed E-state index contributed by atoms with van der Waals surface area (Å²) >= 11 is 6.49. The van der Waals surface area contributed by atoms with Gasteiger partial charge in [-0.1, -0.05) is 95.3 Å². The highest BCUT2D eigenvalue weighted by molar-refractivity contribution is 7.49. The zero-order valence-electron chi connectivity index (χ0n) is 32.5. The number of methoxy groups -OCH3 is 2. The Morgan fingerprint density at radius 2 is 1.45 bits per heavy atom. The number of ether oxygens (including phenoxy) is 4. The van der Waals surface area contributed by atoms with Crippen molar-refractivity contribution in [2.75, 3.05) is 20.8 Å². The number of nitrogens with one attached hydrogen (secondary N) is 1. The van der Waals surface area contributed by atoms with Crippen LogP contribution < -0.4 is 29.9 Å². The van der Waals surface area contributed by atoms with Crippen molar-refractivity contribution in [2.45, 2.75) is 37.4 Å². The number of phosphoric ester groups is 1. The number of aryl methyl sites for hydroxylation is 1. The molecule has 0 aliphatic carbocycles. The molecule has 1 aliphatic heterocycles. The van der Waals surface area contributed by atoms with E-state index in [9.17, 15) is 9.59 Å². The number of rotatable bonds is 15. The Hall–Kier alpha value is -6.22. The number of benzene rings is 5. The minimum absolute atomic E-state index is 0.00442. The maximum absolute atomic E-state index is 15.1. The van der Waals surface area contributed by atoms with Crippen LogP contribution in [-0.2, 0) is 24.2 Å². The molecule has 1 saturated heterocycles. The molecule has 1 aliphatic rings. The van der Waals surface area contributed by atoms with Gasteiger partial charge < -0.3 is 23.5 Å². The van der Waals surface area contributed by atoms with Gasteiger partial charge in [-0.15, -0.1) is 5.10 Å². The molecule has 0 radical (unpaired) electrons. The zero-order chi connectivity index (χ0) is 41.9.